The quantitative estimate of drug-likeness (QED) is 0.383. The summed E-state index contributed by atoms with van der Waals surface area (Å²) in [5, 5.41) is 18.4. The van der Waals surface area contributed by atoms with E-state index in [1.807, 2.05) is 24.3 Å². The van der Waals surface area contributed by atoms with Crippen LogP contribution >= 0.6 is 11.8 Å². The minimum Gasteiger partial charge on any atom is -0.379 e. The van der Waals surface area contributed by atoms with Crippen molar-refractivity contribution in [1.29, 1.82) is 5.41 Å². The van der Waals surface area contributed by atoms with Crippen molar-refractivity contribution in [3.05, 3.63) is 63.7 Å². The van der Waals surface area contributed by atoms with Gasteiger partial charge in [0.25, 0.3) is 5.69 Å². The molecule has 0 heterocycles. The maximum absolute atomic E-state index is 10.9. The van der Waals surface area contributed by atoms with Gasteiger partial charge in [0.05, 0.1) is 10.2 Å². The third kappa shape index (κ3) is 1.94. The summed E-state index contributed by atoms with van der Waals surface area (Å²) >= 11 is 1.25. The van der Waals surface area contributed by atoms with Gasteiger partial charge in [-0.25, -0.2) is 0 Å². The van der Waals surface area contributed by atoms with Crippen LogP contribution in [-0.2, 0) is 0 Å². The van der Waals surface area contributed by atoms with Gasteiger partial charge in [-0.05, 0) is 22.3 Å². The molecule has 100 valence electrons. The molecule has 2 aromatic carbocycles. The second-order valence-corrected chi connectivity index (χ2v) is 5.62. The number of fused-ring (bicyclic) bond motifs is 3. The monoisotopic (exact) mass is 285 g/mol. The number of nitrogens with zero attached hydrogens (tertiary/aromatic N) is 1. The molecule has 20 heavy (non-hydrogen) atoms. The fraction of sp³-hybridized carbons (Fsp3) is 0.0714. The van der Waals surface area contributed by atoms with E-state index in [-0.39, 0.29) is 16.1 Å². The molecule has 0 saturated carbocycles. The van der Waals surface area contributed by atoms with E-state index >= 15 is 0 Å². The van der Waals surface area contributed by atoms with Crippen molar-refractivity contribution in [1.82, 2.24) is 0 Å². The second kappa shape index (κ2) is 4.64. The molecule has 2 aromatic rings. The molecule has 0 saturated heterocycles. The van der Waals surface area contributed by atoms with Crippen molar-refractivity contribution in [3.63, 3.8) is 0 Å². The molecule has 0 amide bonds. The number of amidine groups is 1. The number of thioether (sulfide) groups is 1. The lowest BCUT2D eigenvalue weighted by Crippen LogP contribution is -2.07. The van der Waals surface area contributed by atoms with Gasteiger partial charge in [0.1, 0.15) is 0 Å². The molecule has 0 bridgehead atoms. The van der Waals surface area contributed by atoms with E-state index < -0.39 is 4.92 Å². The van der Waals surface area contributed by atoms with E-state index in [1.54, 1.807) is 12.1 Å². The molecule has 0 unspecified atom stereocenters. The molecule has 0 aromatic heterocycles. The molecule has 0 fully saturated rings. The Bertz CT molecular complexity index is 730. The van der Waals surface area contributed by atoms with E-state index in [9.17, 15) is 10.1 Å². The molecule has 0 spiro atoms. The van der Waals surface area contributed by atoms with Crippen molar-refractivity contribution in [2.24, 2.45) is 5.73 Å². The van der Waals surface area contributed by atoms with Crippen LogP contribution in [0.2, 0.25) is 0 Å². The van der Waals surface area contributed by atoms with Gasteiger partial charge in [-0.1, -0.05) is 42.1 Å². The van der Waals surface area contributed by atoms with Crippen LogP contribution in [0.5, 0.6) is 0 Å². The SMILES string of the molecule is N=C(N)S[C@H]1c2ccccc2-c2cc([N+](=O)[O-])ccc21. The van der Waals surface area contributed by atoms with Crippen molar-refractivity contribution in [2.45, 2.75) is 5.25 Å². The Morgan fingerprint density at radius 3 is 2.60 bits per heavy atom. The van der Waals surface area contributed by atoms with Gasteiger partial charge in [0, 0.05) is 12.1 Å². The summed E-state index contributed by atoms with van der Waals surface area (Å²) in [5.74, 6) is 0. The van der Waals surface area contributed by atoms with E-state index in [0.717, 1.165) is 22.3 Å². The standard InChI is InChI=1S/C14H11N3O2S/c15-14(16)20-13-10-4-2-1-3-9(10)12-7-8(17(18)19)5-6-11(12)13/h1-7,13H,(H3,15,16)/t13-/m0/s1. The zero-order chi connectivity index (χ0) is 14.3. The number of benzene rings is 2. The minimum atomic E-state index is -0.395. The molecule has 1 atom stereocenters. The molecule has 1 aliphatic rings. The van der Waals surface area contributed by atoms with Crippen LogP contribution in [0.1, 0.15) is 16.4 Å². The van der Waals surface area contributed by atoms with Gasteiger partial charge >= 0.3 is 0 Å². The van der Waals surface area contributed by atoms with Crippen molar-refractivity contribution >= 4 is 22.6 Å². The number of nitro benzene ring substituents is 1. The lowest BCUT2D eigenvalue weighted by molar-refractivity contribution is -0.384. The summed E-state index contributed by atoms with van der Waals surface area (Å²) in [5.41, 5.74) is 9.42. The van der Waals surface area contributed by atoms with Gasteiger partial charge < -0.3 is 5.73 Å². The average Bonchev–Trinajstić information content (AvgIpc) is 2.73. The third-order valence-electron chi connectivity index (χ3n) is 3.31. The van der Waals surface area contributed by atoms with Gasteiger partial charge in [-0.15, -0.1) is 0 Å². The summed E-state index contributed by atoms with van der Waals surface area (Å²) in [7, 11) is 0. The topological polar surface area (TPSA) is 93.0 Å². The zero-order valence-corrected chi connectivity index (χ0v) is 11.2. The number of nitrogens with two attached hydrogens (primary N) is 1. The minimum absolute atomic E-state index is 0.0380. The molecule has 5 nitrogen and oxygen atoms in total. The van der Waals surface area contributed by atoms with Crippen molar-refractivity contribution in [2.75, 3.05) is 0 Å². The molecular formula is C14H11N3O2S. The highest BCUT2D eigenvalue weighted by molar-refractivity contribution is 8.14. The fourth-order valence-electron chi connectivity index (χ4n) is 2.51. The smallest absolute Gasteiger partial charge is 0.270 e. The van der Waals surface area contributed by atoms with E-state index in [2.05, 4.69) is 0 Å². The molecule has 0 aliphatic heterocycles. The normalized spacial score (nSPS) is 15.5. The molecule has 3 N–H and O–H groups in total. The number of rotatable bonds is 2. The van der Waals surface area contributed by atoms with Crippen LogP contribution in [0.4, 0.5) is 5.69 Å². The van der Waals surface area contributed by atoms with Crippen LogP contribution in [0.25, 0.3) is 11.1 Å². The molecular weight excluding hydrogens is 274 g/mol. The fourth-order valence-corrected chi connectivity index (χ4v) is 3.43. The molecule has 0 radical (unpaired) electrons. The van der Waals surface area contributed by atoms with Crippen LogP contribution in [0, 0.1) is 15.5 Å². The van der Waals surface area contributed by atoms with E-state index in [0.29, 0.717) is 0 Å². The maximum atomic E-state index is 10.9. The summed E-state index contributed by atoms with van der Waals surface area (Å²) in [6, 6.07) is 12.6. The maximum Gasteiger partial charge on any atom is 0.270 e. The summed E-state index contributed by atoms with van der Waals surface area (Å²) < 4.78 is 0. The molecule has 1 aliphatic carbocycles. The lowest BCUT2D eigenvalue weighted by atomic mass is 10.1. The highest BCUT2D eigenvalue weighted by Gasteiger charge is 2.30. The molecule has 6 heteroatoms. The number of hydrogen-bond donors (Lipinski definition) is 2. The first-order chi connectivity index (χ1) is 9.58. The summed E-state index contributed by atoms with van der Waals surface area (Å²) in [6.45, 7) is 0. The first-order valence-corrected chi connectivity index (χ1v) is 6.84. The Morgan fingerprint density at radius 2 is 1.90 bits per heavy atom. The Hall–Kier alpha value is -2.34. The van der Waals surface area contributed by atoms with E-state index in [4.69, 9.17) is 11.1 Å². The number of nitrogens with one attached hydrogen (secondary N) is 1. The highest BCUT2D eigenvalue weighted by atomic mass is 32.2. The Morgan fingerprint density at radius 1 is 1.20 bits per heavy atom. The first-order valence-electron chi connectivity index (χ1n) is 5.96. The first kappa shape index (κ1) is 12.7. The van der Waals surface area contributed by atoms with Crippen molar-refractivity contribution in [3.8, 4) is 11.1 Å². The average molecular weight is 285 g/mol. The third-order valence-corrected chi connectivity index (χ3v) is 4.31. The molecule has 3 rings (SSSR count). The van der Waals surface area contributed by atoms with Gasteiger partial charge in [0.15, 0.2) is 5.17 Å². The zero-order valence-electron chi connectivity index (χ0n) is 10.4. The van der Waals surface area contributed by atoms with E-state index in [1.165, 1.54) is 17.8 Å². The number of nitro groups is 1. The van der Waals surface area contributed by atoms with Gasteiger partial charge in [-0.2, -0.15) is 0 Å². The van der Waals surface area contributed by atoms with Crippen LogP contribution in [0.15, 0.2) is 42.5 Å². The number of non-ortho nitro benzene ring substituents is 1. The van der Waals surface area contributed by atoms with Crippen molar-refractivity contribution < 1.29 is 4.92 Å². The summed E-state index contributed by atoms with van der Waals surface area (Å²) in [6.07, 6.45) is 0. The van der Waals surface area contributed by atoms with Gasteiger partial charge in [0.2, 0.25) is 0 Å². The number of hydrogen-bond acceptors (Lipinski definition) is 4. The highest BCUT2D eigenvalue weighted by Crippen LogP contribution is 2.50. The van der Waals surface area contributed by atoms with Gasteiger partial charge in [-0.3, -0.25) is 15.5 Å². The van der Waals surface area contributed by atoms with Crippen LogP contribution < -0.4 is 5.73 Å². The Labute approximate surface area is 119 Å². The largest absolute Gasteiger partial charge is 0.379 e. The summed E-state index contributed by atoms with van der Waals surface area (Å²) in [4.78, 5) is 10.5. The predicted octanol–water partition coefficient (Wildman–Crippen LogP) is 3.29. The lowest BCUT2D eigenvalue weighted by Gasteiger charge is -2.11. The predicted molar refractivity (Wildman–Crippen MR) is 79.9 cm³/mol. The van der Waals surface area contributed by atoms with Crippen LogP contribution in [-0.4, -0.2) is 10.1 Å². The second-order valence-electron chi connectivity index (χ2n) is 4.48. The Kier molecular flexibility index (Phi) is 2.94. The Balaban J connectivity index is 2.20. The van der Waals surface area contributed by atoms with Crippen LogP contribution in [0.3, 0.4) is 0 Å².